The summed E-state index contributed by atoms with van der Waals surface area (Å²) in [5.74, 6) is 0.437. The average Bonchev–Trinajstić information content (AvgIpc) is 2.37. The van der Waals surface area contributed by atoms with Crippen molar-refractivity contribution in [2.45, 2.75) is 66.9 Å². The van der Waals surface area contributed by atoms with E-state index in [0.29, 0.717) is 5.92 Å². The fourth-order valence-electron chi connectivity index (χ4n) is 2.61. The van der Waals surface area contributed by atoms with Gasteiger partial charge in [0.2, 0.25) is 0 Å². The van der Waals surface area contributed by atoms with Crippen molar-refractivity contribution in [3.05, 3.63) is 35.5 Å². The van der Waals surface area contributed by atoms with Crippen molar-refractivity contribution in [2.75, 3.05) is 0 Å². The topological polar surface area (TPSA) is 26.3 Å². The van der Waals surface area contributed by atoms with Crippen molar-refractivity contribution >= 4 is 5.97 Å². The van der Waals surface area contributed by atoms with Gasteiger partial charge in [0, 0.05) is 0 Å². The van der Waals surface area contributed by atoms with Crippen molar-refractivity contribution in [3.63, 3.8) is 0 Å². The lowest BCUT2D eigenvalue weighted by Crippen LogP contribution is -2.30. The van der Waals surface area contributed by atoms with E-state index in [1.165, 1.54) is 16.7 Å². The molecule has 0 aromatic carbocycles. The van der Waals surface area contributed by atoms with Crippen LogP contribution in [0.2, 0.25) is 0 Å². The first-order chi connectivity index (χ1) is 10.0. The molecule has 0 aromatic rings. The number of hydrogen-bond donors (Lipinski definition) is 0. The van der Waals surface area contributed by atoms with Gasteiger partial charge in [0.15, 0.2) is 0 Å². The molecule has 0 fully saturated rings. The Morgan fingerprint density at radius 2 is 2.00 bits per heavy atom. The molecule has 1 rings (SSSR count). The van der Waals surface area contributed by atoms with Crippen molar-refractivity contribution in [2.24, 2.45) is 17.8 Å². The first-order valence-corrected chi connectivity index (χ1v) is 8.27. The molecule has 0 aromatic heterocycles. The van der Waals surface area contributed by atoms with E-state index in [4.69, 9.17) is 4.74 Å². The first-order valence-electron chi connectivity index (χ1n) is 8.27. The highest BCUT2D eigenvalue weighted by molar-refractivity contribution is 5.73. The fourth-order valence-corrected chi connectivity index (χ4v) is 2.61. The number of allylic oxidation sites excluding steroid dienone is 5. The van der Waals surface area contributed by atoms with E-state index in [9.17, 15) is 4.79 Å². The van der Waals surface area contributed by atoms with E-state index in [2.05, 4.69) is 39.5 Å². The van der Waals surface area contributed by atoms with Crippen LogP contribution in [0.5, 0.6) is 0 Å². The number of ether oxygens (including phenoxy) is 1. The minimum absolute atomic E-state index is 0.120. The molecule has 0 saturated carbocycles. The van der Waals surface area contributed by atoms with Crippen LogP contribution in [0, 0.1) is 17.8 Å². The van der Waals surface area contributed by atoms with E-state index < -0.39 is 5.60 Å². The van der Waals surface area contributed by atoms with E-state index in [1.54, 1.807) is 0 Å². The van der Waals surface area contributed by atoms with Crippen LogP contribution in [0.4, 0.5) is 0 Å². The SMILES string of the molecule is C=C(C)[C@@H]1CC=C(C)/C(=C\[C@@H](C)[C@@H](C)C(=O)OC(C)(C)C)C1. The second kappa shape index (κ2) is 7.30. The third kappa shape index (κ3) is 5.47. The van der Waals surface area contributed by atoms with Gasteiger partial charge in [-0.3, -0.25) is 4.79 Å². The van der Waals surface area contributed by atoms with Gasteiger partial charge in [0.05, 0.1) is 5.92 Å². The van der Waals surface area contributed by atoms with Gasteiger partial charge in [-0.15, -0.1) is 0 Å². The highest BCUT2D eigenvalue weighted by Crippen LogP contribution is 2.33. The highest BCUT2D eigenvalue weighted by Gasteiger charge is 2.26. The smallest absolute Gasteiger partial charge is 0.309 e. The van der Waals surface area contributed by atoms with Crippen LogP contribution in [-0.2, 0) is 9.53 Å². The molecular weight excluding hydrogens is 272 g/mol. The fraction of sp³-hybridized carbons (Fsp3) is 0.650. The van der Waals surface area contributed by atoms with E-state index in [-0.39, 0.29) is 17.8 Å². The molecule has 1 aliphatic rings. The van der Waals surface area contributed by atoms with Crippen LogP contribution in [0.15, 0.2) is 35.5 Å². The molecule has 2 heteroatoms. The summed E-state index contributed by atoms with van der Waals surface area (Å²) in [5.41, 5.74) is 3.49. The highest BCUT2D eigenvalue weighted by atomic mass is 16.6. The second-order valence-electron chi connectivity index (χ2n) is 7.74. The Morgan fingerprint density at radius 3 is 2.50 bits per heavy atom. The quantitative estimate of drug-likeness (QED) is 0.509. The zero-order valence-electron chi connectivity index (χ0n) is 15.3. The van der Waals surface area contributed by atoms with E-state index >= 15 is 0 Å². The molecule has 0 amide bonds. The molecule has 3 atom stereocenters. The molecule has 2 nitrogen and oxygen atoms in total. The molecule has 22 heavy (non-hydrogen) atoms. The predicted molar refractivity (Wildman–Crippen MR) is 93.6 cm³/mol. The van der Waals surface area contributed by atoms with Gasteiger partial charge in [0.25, 0.3) is 0 Å². The number of esters is 1. The first kappa shape index (κ1) is 18.7. The average molecular weight is 304 g/mol. The van der Waals surface area contributed by atoms with Crippen LogP contribution < -0.4 is 0 Å². The number of hydrogen-bond acceptors (Lipinski definition) is 2. The van der Waals surface area contributed by atoms with Gasteiger partial charge in [-0.05, 0) is 64.9 Å². The third-order valence-corrected chi connectivity index (χ3v) is 4.41. The molecule has 0 spiro atoms. The van der Waals surface area contributed by atoms with Crippen molar-refractivity contribution in [3.8, 4) is 0 Å². The Bertz CT molecular complexity index is 488. The largest absolute Gasteiger partial charge is 0.460 e. The van der Waals surface area contributed by atoms with Gasteiger partial charge in [-0.1, -0.05) is 43.7 Å². The zero-order valence-corrected chi connectivity index (χ0v) is 15.3. The number of rotatable bonds is 4. The van der Waals surface area contributed by atoms with Crippen LogP contribution in [0.1, 0.15) is 61.3 Å². The van der Waals surface area contributed by atoms with Gasteiger partial charge in [-0.2, -0.15) is 0 Å². The van der Waals surface area contributed by atoms with Gasteiger partial charge in [-0.25, -0.2) is 0 Å². The van der Waals surface area contributed by atoms with Crippen LogP contribution >= 0.6 is 0 Å². The Labute approximate surface area is 136 Å². The van der Waals surface area contributed by atoms with Crippen molar-refractivity contribution in [1.29, 1.82) is 0 Å². The molecule has 1 aliphatic carbocycles. The number of carbonyl (C=O) groups excluding carboxylic acids is 1. The summed E-state index contributed by atoms with van der Waals surface area (Å²) in [6.07, 6.45) is 6.65. The van der Waals surface area contributed by atoms with E-state index in [0.717, 1.165) is 12.8 Å². The maximum atomic E-state index is 12.2. The molecule has 0 N–H and O–H groups in total. The summed E-state index contributed by atoms with van der Waals surface area (Å²) in [6.45, 7) is 18.1. The monoisotopic (exact) mass is 304 g/mol. The molecule has 124 valence electrons. The molecule has 0 heterocycles. The number of carbonyl (C=O) groups is 1. The molecule has 0 unspecified atom stereocenters. The van der Waals surface area contributed by atoms with Crippen LogP contribution in [0.25, 0.3) is 0 Å². The Kier molecular flexibility index (Phi) is 6.22. The zero-order chi connectivity index (χ0) is 17.1. The molecule has 0 saturated heterocycles. The molecule has 0 aliphatic heterocycles. The van der Waals surface area contributed by atoms with Gasteiger partial charge < -0.3 is 4.74 Å². The summed E-state index contributed by atoms with van der Waals surface area (Å²) in [5, 5.41) is 0. The summed E-state index contributed by atoms with van der Waals surface area (Å²) in [7, 11) is 0. The lowest BCUT2D eigenvalue weighted by atomic mass is 9.80. The Hall–Kier alpha value is -1.31. The maximum absolute atomic E-state index is 12.2. The van der Waals surface area contributed by atoms with E-state index in [1.807, 2.05) is 27.7 Å². The Balaban J connectivity index is 2.82. The summed E-state index contributed by atoms with van der Waals surface area (Å²) in [4.78, 5) is 12.2. The van der Waals surface area contributed by atoms with Gasteiger partial charge in [0.1, 0.15) is 5.60 Å². The summed E-state index contributed by atoms with van der Waals surface area (Å²) < 4.78 is 5.50. The third-order valence-electron chi connectivity index (χ3n) is 4.41. The second-order valence-corrected chi connectivity index (χ2v) is 7.74. The Morgan fingerprint density at radius 1 is 1.41 bits per heavy atom. The molecular formula is C20H32O2. The lowest BCUT2D eigenvalue weighted by molar-refractivity contribution is -0.160. The lowest BCUT2D eigenvalue weighted by Gasteiger charge is -2.27. The van der Waals surface area contributed by atoms with Gasteiger partial charge >= 0.3 is 5.97 Å². The maximum Gasteiger partial charge on any atom is 0.309 e. The standard InChI is InChI=1S/C20H32O2/c1-13(2)17-10-9-14(3)18(12-17)11-15(4)16(5)19(21)22-20(6,7)8/h9,11,15-17H,1,10,12H2,2-8H3/b18-11-/t15-,16-,17-/m1/s1. The summed E-state index contributed by atoms with van der Waals surface area (Å²) in [6, 6.07) is 0. The van der Waals surface area contributed by atoms with Crippen LogP contribution in [-0.4, -0.2) is 11.6 Å². The van der Waals surface area contributed by atoms with Crippen molar-refractivity contribution in [1.82, 2.24) is 0 Å². The minimum atomic E-state index is -0.427. The predicted octanol–water partition coefficient (Wildman–Crippen LogP) is 5.46. The van der Waals surface area contributed by atoms with Crippen molar-refractivity contribution < 1.29 is 9.53 Å². The minimum Gasteiger partial charge on any atom is -0.460 e. The normalized spacial score (nSPS) is 23.7. The van der Waals surface area contributed by atoms with Crippen LogP contribution in [0.3, 0.4) is 0 Å². The summed E-state index contributed by atoms with van der Waals surface area (Å²) >= 11 is 0. The molecule has 0 bridgehead atoms. The molecule has 0 radical (unpaired) electrons.